The van der Waals surface area contributed by atoms with Gasteiger partial charge in [-0.3, -0.25) is 10.3 Å². The number of amides is 1. The molecule has 0 saturated heterocycles. The number of ether oxygens (including phenoxy) is 2. The van der Waals surface area contributed by atoms with E-state index in [1.165, 1.54) is 5.56 Å². The van der Waals surface area contributed by atoms with Crippen molar-refractivity contribution < 1.29 is 14.3 Å². The highest BCUT2D eigenvalue weighted by Gasteiger charge is 2.17. The summed E-state index contributed by atoms with van der Waals surface area (Å²) >= 11 is 0. The van der Waals surface area contributed by atoms with Gasteiger partial charge in [0, 0.05) is 17.3 Å². The van der Waals surface area contributed by atoms with Crippen molar-refractivity contribution in [1.29, 1.82) is 0 Å². The number of fused-ring (bicyclic) bond motifs is 3. The molecule has 1 amide bonds. The molecule has 1 aliphatic heterocycles. The quantitative estimate of drug-likeness (QED) is 0.873. The highest BCUT2D eigenvalue weighted by molar-refractivity contribution is 5.91. The zero-order chi connectivity index (χ0) is 15.7. The second kappa shape index (κ2) is 5.57. The normalized spacial score (nSPS) is 14.5. The molecule has 0 fully saturated rings. The lowest BCUT2D eigenvalue weighted by Gasteiger charge is -2.20. The van der Waals surface area contributed by atoms with Crippen molar-refractivity contribution in [1.82, 2.24) is 4.98 Å². The van der Waals surface area contributed by atoms with E-state index in [9.17, 15) is 4.79 Å². The van der Waals surface area contributed by atoms with Crippen molar-refractivity contribution in [2.24, 2.45) is 0 Å². The van der Waals surface area contributed by atoms with E-state index in [4.69, 9.17) is 9.47 Å². The van der Waals surface area contributed by atoms with Crippen LogP contribution < -0.4 is 5.32 Å². The summed E-state index contributed by atoms with van der Waals surface area (Å²) in [6, 6.07) is 5.71. The van der Waals surface area contributed by atoms with Gasteiger partial charge in [0.15, 0.2) is 0 Å². The summed E-state index contributed by atoms with van der Waals surface area (Å²) in [5.74, 6) is 0. The monoisotopic (exact) mass is 300 g/mol. The Kier molecular flexibility index (Phi) is 3.74. The number of benzene rings is 1. The molecule has 0 atom stereocenters. The first kappa shape index (κ1) is 14.8. The van der Waals surface area contributed by atoms with Crippen LogP contribution in [0.2, 0.25) is 0 Å². The first-order valence-corrected chi connectivity index (χ1v) is 7.41. The number of rotatable bonds is 1. The lowest BCUT2D eigenvalue weighted by molar-refractivity contribution is 0.0636. The minimum absolute atomic E-state index is 0.451. The van der Waals surface area contributed by atoms with Crippen LogP contribution in [0.15, 0.2) is 24.4 Å². The van der Waals surface area contributed by atoms with Gasteiger partial charge in [-0.15, -0.1) is 0 Å². The number of anilines is 1. The van der Waals surface area contributed by atoms with Crippen LogP contribution in [0.1, 0.15) is 31.9 Å². The molecule has 5 heteroatoms. The van der Waals surface area contributed by atoms with Crippen LogP contribution in [0.5, 0.6) is 0 Å². The maximum Gasteiger partial charge on any atom is 0.412 e. The summed E-state index contributed by atoms with van der Waals surface area (Å²) in [5.41, 5.74) is 3.50. The highest BCUT2D eigenvalue weighted by Crippen LogP contribution is 2.27. The van der Waals surface area contributed by atoms with Gasteiger partial charge in [0.1, 0.15) is 5.60 Å². The molecule has 116 valence electrons. The Bertz CT molecular complexity index is 720. The van der Waals surface area contributed by atoms with Gasteiger partial charge in [-0.1, -0.05) is 0 Å². The number of hydrogen-bond acceptors (Lipinski definition) is 4. The van der Waals surface area contributed by atoms with Crippen LogP contribution in [-0.4, -0.2) is 23.3 Å². The summed E-state index contributed by atoms with van der Waals surface area (Å²) < 4.78 is 10.7. The van der Waals surface area contributed by atoms with Gasteiger partial charge in [-0.2, -0.15) is 0 Å². The summed E-state index contributed by atoms with van der Waals surface area (Å²) in [7, 11) is 0. The smallest absolute Gasteiger partial charge is 0.412 e. The van der Waals surface area contributed by atoms with E-state index in [-0.39, 0.29) is 0 Å². The van der Waals surface area contributed by atoms with Crippen LogP contribution >= 0.6 is 0 Å². The van der Waals surface area contributed by atoms with Crippen molar-refractivity contribution in [2.45, 2.75) is 39.4 Å². The molecule has 1 aromatic carbocycles. The summed E-state index contributed by atoms with van der Waals surface area (Å²) in [6.07, 6.45) is 2.29. The third-order valence-corrected chi connectivity index (χ3v) is 3.47. The fourth-order valence-corrected chi connectivity index (χ4v) is 2.56. The average molecular weight is 300 g/mol. The van der Waals surface area contributed by atoms with E-state index >= 15 is 0 Å². The van der Waals surface area contributed by atoms with Crippen LogP contribution in [0, 0.1) is 0 Å². The van der Waals surface area contributed by atoms with E-state index in [0.29, 0.717) is 12.3 Å². The third kappa shape index (κ3) is 3.20. The van der Waals surface area contributed by atoms with Crippen molar-refractivity contribution in [3.05, 3.63) is 35.5 Å². The molecule has 0 spiro atoms. The van der Waals surface area contributed by atoms with E-state index in [1.54, 1.807) is 0 Å². The minimum atomic E-state index is -0.515. The number of carbonyl (C=O) groups is 1. The minimum Gasteiger partial charge on any atom is -0.444 e. The standard InChI is InChI=1S/C17H20N2O3/c1-17(2,3)22-16(20)19-12-4-5-15-14(8-12)13-6-7-21-10-11(13)9-18-15/h4-5,8-9H,6-7,10H2,1-3H3,(H,19,20). The molecule has 1 aliphatic rings. The zero-order valence-corrected chi connectivity index (χ0v) is 13.1. The van der Waals surface area contributed by atoms with Gasteiger partial charge in [0.2, 0.25) is 0 Å². The van der Waals surface area contributed by atoms with Crippen LogP contribution in [0.3, 0.4) is 0 Å². The van der Waals surface area contributed by atoms with Crippen LogP contribution in [-0.2, 0) is 22.5 Å². The van der Waals surface area contributed by atoms with Gasteiger partial charge in [0.25, 0.3) is 0 Å². The van der Waals surface area contributed by atoms with Crippen molar-refractivity contribution >= 4 is 22.7 Å². The van der Waals surface area contributed by atoms with Crippen molar-refractivity contribution in [3.8, 4) is 0 Å². The number of nitrogens with one attached hydrogen (secondary N) is 1. The van der Waals surface area contributed by atoms with Gasteiger partial charge < -0.3 is 9.47 Å². The van der Waals surface area contributed by atoms with Crippen LogP contribution in [0.4, 0.5) is 10.5 Å². The molecule has 5 nitrogen and oxygen atoms in total. The van der Waals surface area contributed by atoms with Crippen molar-refractivity contribution in [2.75, 3.05) is 11.9 Å². The third-order valence-electron chi connectivity index (χ3n) is 3.47. The Hall–Kier alpha value is -2.14. The zero-order valence-electron chi connectivity index (χ0n) is 13.1. The average Bonchev–Trinajstić information content (AvgIpc) is 2.45. The Labute approximate surface area is 129 Å². The second-order valence-electron chi connectivity index (χ2n) is 6.42. The molecule has 22 heavy (non-hydrogen) atoms. The molecule has 1 aromatic heterocycles. The molecular formula is C17H20N2O3. The molecule has 0 unspecified atom stereocenters. The van der Waals surface area contributed by atoms with Gasteiger partial charge in [0.05, 0.1) is 18.7 Å². The molecule has 2 heterocycles. The molecule has 2 aromatic rings. The van der Waals surface area contributed by atoms with E-state index in [1.807, 2.05) is 45.2 Å². The number of aromatic nitrogens is 1. The molecular weight excluding hydrogens is 280 g/mol. The number of nitrogens with zero attached hydrogens (tertiary/aromatic N) is 1. The summed E-state index contributed by atoms with van der Waals surface area (Å²) in [5, 5.41) is 3.84. The topological polar surface area (TPSA) is 60.5 Å². The lowest BCUT2D eigenvalue weighted by atomic mass is 9.99. The maximum atomic E-state index is 11.9. The first-order chi connectivity index (χ1) is 10.4. The predicted octanol–water partition coefficient (Wildman–Crippen LogP) is 3.65. The highest BCUT2D eigenvalue weighted by atomic mass is 16.6. The SMILES string of the molecule is CC(C)(C)OC(=O)Nc1ccc2ncc3c(c2c1)CCOC3. The first-order valence-electron chi connectivity index (χ1n) is 7.41. The maximum absolute atomic E-state index is 11.9. The molecule has 1 N–H and O–H groups in total. The predicted molar refractivity (Wildman–Crippen MR) is 85.0 cm³/mol. The fourth-order valence-electron chi connectivity index (χ4n) is 2.56. The molecule has 0 aliphatic carbocycles. The summed E-state index contributed by atoms with van der Waals surface area (Å²) in [6.45, 7) is 6.84. The van der Waals surface area contributed by atoms with E-state index < -0.39 is 11.7 Å². The molecule has 0 bridgehead atoms. The largest absolute Gasteiger partial charge is 0.444 e. The summed E-state index contributed by atoms with van der Waals surface area (Å²) in [4.78, 5) is 16.3. The Morgan fingerprint density at radius 1 is 1.36 bits per heavy atom. The number of carbonyl (C=O) groups excluding carboxylic acids is 1. The Morgan fingerprint density at radius 3 is 2.95 bits per heavy atom. The van der Waals surface area contributed by atoms with E-state index in [0.717, 1.165) is 29.5 Å². The Morgan fingerprint density at radius 2 is 2.18 bits per heavy atom. The van der Waals surface area contributed by atoms with Gasteiger partial charge in [-0.05, 0) is 56.5 Å². The molecule has 0 saturated carbocycles. The Balaban J connectivity index is 1.90. The fraction of sp³-hybridized carbons (Fsp3) is 0.412. The second-order valence-corrected chi connectivity index (χ2v) is 6.42. The van der Waals surface area contributed by atoms with Crippen LogP contribution in [0.25, 0.3) is 10.9 Å². The van der Waals surface area contributed by atoms with Crippen molar-refractivity contribution in [3.63, 3.8) is 0 Å². The molecule has 3 rings (SSSR count). The molecule has 0 radical (unpaired) electrons. The number of hydrogen-bond donors (Lipinski definition) is 1. The van der Waals surface area contributed by atoms with E-state index in [2.05, 4.69) is 10.3 Å². The van der Waals surface area contributed by atoms with Gasteiger partial charge >= 0.3 is 6.09 Å². The van der Waals surface area contributed by atoms with Gasteiger partial charge in [-0.25, -0.2) is 4.79 Å². The number of pyridine rings is 1. The lowest BCUT2D eigenvalue weighted by Crippen LogP contribution is -2.27.